The van der Waals surface area contributed by atoms with Gasteiger partial charge in [0.25, 0.3) is 0 Å². The smallest absolute Gasteiger partial charge is 0.176 e. The maximum absolute atomic E-state index is 6.35. The van der Waals surface area contributed by atoms with Gasteiger partial charge in [-0.15, -0.1) is 0 Å². The first-order valence-corrected chi connectivity index (χ1v) is 10.0. The lowest BCUT2D eigenvalue weighted by molar-refractivity contribution is 0.353. The number of aliphatic imine (C=N–C) groups is 1. The minimum absolute atomic E-state index is 0.571. The largest absolute Gasteiger partial charge is 0.396 e. The van der Waals surface area contributed by atoms with Gasteiger partial charge >= 0.3 is 0 Å². The van der Waals surface area contributed by atoms with E-state index in [-0.39, 0.29) is 0 Å². The van der Waals surface area contributed by atoms with Crippen LogP contribution in [0.1, 0.15) is 25.0 Å². The first-order valence-electron chi connectivity index (χ1n) is 8.78. The number of aryl methyl sites for hydroxylation is 2. The molecule has 0 spiro atoms. The molecule has 0 bridgehead atoms. The molecule has 0 unspecified atom stereocenters. The molecule has 0 amide bonds. The number of hydrogen-bond acceptors (Lipinski definition) is 6. The van der Waals surface area contributed by atoms with Crippen LogP contribution in [0.5, 0.6) is 0 Å². The summed E-state index contributed by atoms with van der Waals surface area (Å²) in [4.78, 5) is 6.09. The molecule has 0 saturated heterocycles. The number of rotatable bonds is 9. The van der Waals surface area contributed by atoms with Crippen molar-refractivity contribution < 1.29 is 0 Å². The molecule has 3 N–H and O–H groups in total. The van der Waals surface area contributed by atoms with Crippen molar-refractivity contribution in [3.8, 4) is 0 Å². The minimum atomic E-state index is 0.571. The van der Waals surface area contributed by atoms with Crippen LogP contribution >= 0.6 is 11.9 Å². The van der Waals surface area contributed by atoms with Crippen LogP contribution in [-0.4, -0.2) is 51.1 Å². The summed E-state index contributed by atoms with van der Waals surface area (Å²) in [7, 11) is 5.66. The van der Waals surface area contributed by atoms with E-state index in [1.54, 1.807) is 31.3 Å². The highest BCUT2D eigenvalue weighted by molar-refractivity contribution is 7.96. The average Bonchev–Trinajstić information content (AvgIpc) is 2.67. The predicted molar refractivity (Wildman–Crippen MR) is 117 cm³/mol. The molecule has 1 rings (SSSR count). The molecule has 0 atom stereocenters. The number of hydrazone groups is 1. The van der Waals surface area contributed by atoms with E-state index in [2.05, 4.69) is 46.7 Å². The molecule has 0 radical (unpaired) electrons. The number of hydrogen-bond donors (Lipinski definition) is 2. The van der Waals surface area contributed by atoms with Crippen molar-refractivity contribution in [3.05, 3.63) is 41.1 Å². The number of likely N-dealkylation sites (N-methyl/N-ethyl adjacent to an activating group) is 1. The van der Waals surface area contributed by atoms with Gasteiger partial charge in [0.1, 0.15) is 0 Å². The number of nitrogens with one attached hydrogen (secondary N) is 1. The lowest BCUT2D eigenvalue weighted by atomic mass is 10.0. The van der Waals surface area contributed by atoms with Gasteiger partial charge in [-0.05, 0) is 36.3 Å². The van der Waals surface area contributed by atoms with E-state index in [4.69, 9.17) is 10.8 Å². The summed E-state index contributed by atoms with van der Waals surface area (Å²) in [5.41, 5.74) is 10.7. The van der Waals surface area contributed by atoms with Gasteiger partial charge in [-0.3, -0.25) is 10.0 Å². The lowest BCUT2D eigenvalue weighted by Crippen LogP contribution is -2.36. The second kappa shape index (κ2) is 11.6. The minimum Gasteiger partial charge on any atom is -0.396 e. The zero-order chi connectivity index (χ0) is 19.5. The van der Waals surface area contributed by atoms with Crippen molar-refractivity contribution in [2.75, 3.05) is 39.0 Å². The van der Waals surface area contributed by atoms with Gasteiger partial charge in [0.2, 0.25) is 0 Å². The summed E-state index contributed by atoms with van der Waals surface area (Å²) in [5, 5.41) is 6.58. The molecule has 26 heavy (non-hydrogen) atoms. The summed E-state index contributed by atoms with van der Waals surface area (Å²) in [6.07, 6.45) is 7.35. The summed E-state index contributed by atoms with van der Waals surface area (Å²) in [6, 6.07) is 6.44. The zero-order valence-electron chi connectivity index (χ0n) is 16.8. The van der Waals surface area contributed by atoms with Crippen molar-refractivity contribution in [1.82, 2.24) is 9.73 Å². The third-order valence-electron chi connectivity index (χ3n) is 3.98. The van der Waals surface area contributed by atoms with Crippen LogP contribution in [0.4, 0.5) is 5.69 Å². The summed E-state index contributed by atoms with van der Waals surface area (Å²) < 4.78 is 3.19. The van der Waals surface area contributed by atoms with Crippen molar-refractivity contribution >= 4 is 29.7 Å². The van der Waals surface area contributed by atoms with E-state index in [1.807, 2.05) is 25.4 Å². The van der Waals surface area contributed by atoms with Gasteiger partial charge in [-0.2, -0.15) is 5.10 Å². The molecule has 0 aliphatic carbocycles. The van der Waals surface area contributed by atoms with Crippen LogP contribution in [0, 0.1) is 0 Å². The molecule has 6 nitrogen and oxygen atoms in total. The highest BCUT2D eigenvalue weighted by atomic mass is 32.2. The molecule has 1 aromatic rings. The van der Waals surface area contributed by atoms with E-state index in [9.17, 15) is 0 Å². The fraction of sp³-hybridized carbons (Fsp3) is 0.474. The molecule has 7 heteroatoms. The SMILES string of the molecule is CCc1cccc(CC)c1N(C)/C(=N\N(C)CNSC)C(N)=CC=NC. The zero-order valence-corrected chi connectivity index (χ0v) is 17.6. The van der Waals surface area contributed by atoms with Gasteiger partial charge in [-0.1, -0.05) is 44.0 Å². The van der Waals surface area contributed by atoms with Crippen LogP contribution in [0.15, 0.2) is 40.1 Å². The molecule has 0 aliphatic heterocycles. The second-order valence-electron chi connectivity index (χ2n) is 5.81. The number of amidine groups is 1. The maximum atomic E-state index is 6.35. The topological polar surface area (TPSA) is 69.2 Å². The molecule has 0 heterocycles. The standard InChI is InChI=1S/C19H32N6S/c1-7-15-10-9-11-16(8-2)18(15)25(5)19(17(20)12-13-21-3)23-24(4)14-22-26-6/h9-13,22H,7-8,14,20H2,1-6H3/b17-12?,21-13?,23-19-. The fourth-order valence-electron chi connectivity index (χ4n) is 2.65. The van der Waals surface area contributed by atoms with Crippen LogP contribution in [0.2, 0.25) is 0 Å². The van der Waals surface area contributed by atoms with Gasteiger partial charge in [0.05, 0.1) is 12.4 Å². The number of para-hydroxylation sites is 1. The Labute approximate surface area is 162 Å². The Hall–Kier alpha value is -1.99. The monoisotopic (exact) mass is 376 g/mol. The molecule has 0 fully saturated rings. The third-order valence-corrected chi connectivity index (χ3v) is 4.40. The van der Waals surface area contributed by atoms with Crippen molar-refractivity contribution in [2.45, 2.75) is 26.7 Å². The van der Waals surface area contributed by atoms with Gasteiger partial charge in [-0.25, -0.2) is 4.72 Å². The molecular formula is C19H32N6S. The highest BCUT2D eigenvalue weighted by Crippen LogP contribution is 2.27. The van der Waals surface area contributed by atoms with Gasteiger partial charge in [0.15, 0.2) is 5.84 Å². The van der Waals surface area contributed by atoms with E-state index < -0.39 is 0 Å². The van der Waals surface area contributed by atoms with Crippen molar-refractivity contribution in [3.63, 3.8) is 0 Å². The van der Waals surface area contributed by atoms with Gasteiger partial charge in [0, 0.05) is 33.0 Å². The molecule has 0 saturated carbocycles. The number of anilines is 1. The van der Waals surface area contributed by atoms with Gasteiger partial charge < -0.3 is 10.6 Å². The van der Waals surface area contributed by atoms with Crippen LogP contribution in [0.25, 0.3) is 0 Å². The Morgan fingerprint density at radius 3 is 2.35 bits per heavy atom. The van der Waals surface area contributed by atoms with Crippen molar-refractivity contribution in [1.29, 1.82) is 0 Å². The Balaban J connectivity index is 3.40. The van der Waals surface area contributed by atoms with E-state index >= 15 is 0 Å². The summed E-state index contributed by atoms with van der Waals surface area (Å²) in [6.45, 7) is 4.95. The number of nitrogens with zero attached hydrogens (tertiary/aromatic N) is 4. The highest BCUT2D eigenvalue weighted by Gasteiger charge is 2.18. The first-order chi connectivity index (χ1) is 12.5. The lowest BCUT2D eigenvalue weighted by Gasteiger charge is -2.28. The third kappa shape index (κ3) is 6.07. The molecular weight excluding hydrogens is 344 g/mol. The quantitative estimate of drug-likeness (QED) is 0.228. The van der Waals surface area contributed by atoms with Crippen LogP contribution < -0.4 is 15.4 Å². The summed E-state index contributed by atoms with van der Waals surface area (Å²) in [5.74, 6) is 0.700. The number of allylic oxidation sites excluding steroid dienone is 1. The Morgan fingerprint density at radius 1 is 1.23 bits per heavy atom. The Kier molecular flexibility index (Phi) is 9.83. The second-order valence-corrected chi connectivity index (χ2v) is 6.51. The van der Waals surface area contributed by atoms with E-state index in [0.717, 1.165) is 12.8 Å². The summed E-state index contributed by atoms with van der Waals surface area (Å²) >= 11 is 1.55. The molecule has 0 aromatic heterocycles. The Morgan fingerprint density at radius 2 is 1.85 bits per heavy atom. The first kappa shape index (κ1) is 22.1. The van der Waals surface area contributed by atoms with Crippen molar-refractivity contribution in [2.24, 2.45) is 15.8 Å². The molecule has 0 aliphatic rings. The normalized spacial score (nSPS) is 12.7. The number of benzene rings is 1. The van der Waals surface area contributed by atoms with Crippen LogP contribution in [0.3, 0.4) is 0 Å². The van der Waals surface area contributed by atoms with Crippen LogP contribution in [-0.2, 0) is 12.8 Å². The Bertz CT molecular complexity index is 631. The molecule has 144 valence electrons. The maximum Gasteiger partial charge on any atom is 0.176 e. The van der Waals surface area contributed by atoms with E-state index in [0.29, 0.717) is 18.2 Å². The predicted octanol–water partition coefficient (Wildman–Crippen LogP) is 2.86. The number of nitrogens with two attached hydrogens (primary N) is 1. The van der Waals surface area contributed by atoms with E-state index in [1.165, 1.54) is 16.8 Å². The average molecular weight is 377 g/mol. The fourth-order valence-corrected chi connectivity index (χ4v) is 2.97. The molecule has 1 aromatic carbocycles.